The van der Waals surface area contributed by atoms with Crippen LogP contribution in [0.1, 0.15) is 30.4 Å². The monoisotopic (exact) mass is 435 g/mol. The van der Waals surface area contributed by atoms with Gasteiger partial charge < -0.3 is 10.6 Å². The van der Waals surface area contributed by atoms with Crippen LogP contribution in [0.2, 0.25) is 0 Å². The zero-order valence-electron chi connectivity index (χ0n) is 14.1. The van der Waals surface area contributed by atoms with Gasteiger partial charge in [-0.3, -0.25) is 9.69 Å². The number of halogens is 4. The maximum absolute atomic E-state index is 12.6. The van der Waals surface area contributed by atoms with Crippen molar-refractivity contribution < 1.29 is 22.8 Å². The van der Waals surface area contributed by atoms with Crippen LogP contribution in [0.5, 0.6) is 0 Å². The van der Waals surface area contributed by atoms with Crippen molar-refractivity contribution in [1.29, 1.82) is 0 Å². The normalized spacial score (nSPS) is 21.4. The van der Waals surface area contributed by atoms with Crippen LogP contribution in [0.3, 0.4) is 0 Å². The average Bonchev–Trinajstić information content (AvgIpc) is 3.02. The lowest BCUT2D eigenvalue weighted by molar-refractivity contribution is -0.137. The third-order valence-corrected chi connectivity index (χ3v) is 4.97. The average molecular weight is 436 g/mol. The number of rotatable bonds is 3. The molecule has 1 saturated heterocycles. The minimum absolute atomic E-state index is 0.164. The topological polar surface area (TPSA) is 67.9 Å². The second-order valence-corrected chi connectivity index (χ2v) is 7.18. The molecule has 2 aliphatic rings. The van der Waals surface area contributed by atoms with Gasteiger partial charge in [0, 0.05) is 18.9 Å². The van der Waals surface area contributed by atoms with Gasteiger partial charge in [-0.05, 0) is 59.6 Å². The van der Waals surface area contributed by atoms with Gasteiger partial charge in [-0.2, -0.15) is 13.2 Å². The lowest BCUT2D eigenvalue weighted by atomic mass is 9.90. The molecular formula is C17H21BrF3N3O2. The molecular weight excluding hydrogens is 415 g/mol. The molecule has 0 bridgehead atoms. The number of carbonyl (C=O) groups excluding carboxylic acids is 1. The van der Waals surface area contributed by atoms with Crippen LogP contribution >= 0.6 is 15.9 Å². The predicted molar refractivity (Wildman–Crippen MR) is 95.5 cm³/mol. The van der Waals surface area contributed by atoms with Gasteiger partial charge in [0.15, 0.2) is 0 Å². The number of likely N-dealkylation sites (tertiary alicyclic amines) is 1. The van der Waals surface area contributed by atoms with Crippen molar-refractivity contribution >= 4 is 27.0 Å². The number of hydrogen-bond donors (Lipinski definition) is 1. The summed E-state index contributed by atoms with van der Waals surface area (Å²) < 4.78 is 38.6. The van der Waals surface area contributed by atoms with E-state index < -0.39 is 11.7 Å². The summed E-state index contributed by atoms with van der Waals surface area (Å²) in [6.07, 6.45) is -0.960. The standard InChI is InChI=1S/C16H18BrF3N2O.CH3NO/c17-15-9-14(23-21-15)12-5-7-22(8-6-12)10-11-1-3-13(4-2-11)16(18,19)20;2-1-3/h1-4,12,14H,5-10H2;1H,(H2,2,3). The van der Waals surface area contributed by atoms with E-state index in [1.54, 1.807) is 12.1 Å². The third-order valence-electron chi connectivity index (χ3n) is 4.50. The van der Waals surface area contributed by atoms with E-state index in [2.05, 4.69) is 31.7 Å². The number of carbonyl (C=O) groups is 1. The fourth-order valence-electron chi connectivity index (χ4n) is 3.16. The molecule has 0 radical (unpaired) electrons. The van der Waals surface area contributed by atoms with Crippen molar-refractivity contribution in [3.8, 4) is 0 Å². The van der Waals surface area contributed by atoms with Crippen LogP contribution in [-0.2, 0) is 22.4 Å². The Morgan fingerprint density at radius 2 is 1.85 bits per heavy atom. The first-order valence-corrected chi connectivity index (χ1v) is 9.05. The number of hydrogen-bond acceptors (Lipinski definition) is 4. The van der Waals surface area contributed by atoms with Crippen LogP contribution in [0, 0.1) is 5.92 Å². The van der Waals surface area contributed by atoms with Gasteiger partial charge >= 0.3 is 6.18 Å². The molecule has 0 aliphatic carbocycles. The van der Waals surface area contributed by atoms with Gasteiger partial charge in [-0.25, -0.2) is 0 Å². The number of piperidine rings is 1. The van der Waals surface area contributed by atoms with E-state index in [1.165, 1.54) is 0 Å². The lowest BCUT2D eigenvalue weighted by Gasteiger charge is -2.33. The molecule has 0 saturated carbocycles. The molecule has 1 unspecified atom stereocenters. The summed E-state index contributed by atoms with van der Waals surface area (Å²) in [5.41, 5.74) is 4.49. The molecule has 0 aromatic heterocycles. The first-order chi connectivity index (χ1) is 12.3. The van der Waals surface area contributed by atoms with Crippen molar-refractivity contribution in [2.45, 2.75) is 38.1 Å². The maximum atomic E-state index is 12.6. The van der Waals surface area contributed by atoms with Gasteiger partial charge in [-0.15, -0.1) is 0 Å². The minimum atomic E-state index is -4.27. The Bertz CT molecular complexity index is 615. The van der Waals surface area contributed by atoms with E-state index in [1.807, 2.05) is 0 Å². The maximum Gasteiger partial charge on any atom is 0.416 e. The van der Waals surface area contributed by atoms with Crippen molar-refractivity contribution in [1.82, 2.24) is 4.90 Å². The molecule has 2 aliphatic heterocycles. The van der Waals surface area contributed by atoms with Gasteiger partial charge in [0.05, 0.1) is 5.56 Å². The Balaban J connectivity index is 0.000000758. The second-order valence-electron chi connectivity index (χ2n) is 6.26. The van der Waals surface area contributed by atoms with Gasteiger partial charge in [0.25, 0.3) is 0 Å². The fourth-order valence-corrected chi connectivity index (χ4v) is 3.56. The quantitative estimate of drug-likeness (QED) is 0.738. The summed E-state index contributed by atoms with van der Waals surface area (Å²) in [5.74, 6) is 0.498. The zero-order chi connectivity index (χ0) is 19.2. The molecule has 1 fully saturated rings. The molecule has 1 atom stereocenters. The Hall–Kier alpha value is -1.61. The first kappa shape index (κ1) is 20.7. The van der Waals surface area contributed by atoms with Crippen LogP contribution in [-0.4, -0.2) is 35.1 Å². The fraction of sp³-hybridized carbons (Fsp3) is 0.529. The molecule has 144 valence electrons. The summed E-state index contributed by atoms with van der Waals surface area (Å²) in [5, 5.41) is 3.94. The SMILES string of the molecule is FC(F)(F)c1ccc(CN2CCC(C3CC(Br)=NO3)CC2)cc1.NC=O. The molecule has 0 spiro atoms. The lowest BCUT2D eigenvalue weighted by Crippen LogP contribution is -2.37. The van der Waals surface area contributed by atoms with E-state index in [4.69, 9.17) is 9.63 Å². The number of alkyl halides is 3. The van der Waals surface area contributed by atoms with E-state index in [-0.39, 0.29) is 12.5 Å². The van der Waals surface area contributed by atoms with Gasteiger partial charge in [0.2, 0.25) is 6.41 Å². The molecule has 26 heavy (non-hydrogen) atoms. The van der Waals surface area contributed by atoms with Crippen molar-refractivity contribution in [3.63, 3.8) is 0 Å². The summed E-state index contributed by atoms with van der Waals surface area (Å²) in [6.45, 7) is 2.56. The van der Waals surface area contributed by atoms with Crippen molar-refractivity contribution in [2.24, 2.45) is 16.8 Å². The highest BCUT2D eigenvalue weighted by Crippen LogP contribution is 2.31. The molecule has 2 heterocycles. The first-order valence-electron chi connectivity index (χ1n) is 8.25. The summed E-state index contributed by atoms with van der Waals surface area (Å²) in [6, 6.07) is 5.45. The van der Waals surface area contributed by atoms with Crippen LogP contribution in [0.15, 0.2) is 29.4 Å². The van der Waals surface area contributed by atoms with Gasteiger partial charge in [0.1, 0.15) is 10.7 Å². The summed E-state index contributed by atoms with van der Waals surface area (Å²) in [4.78, 5) is 16.3. The predicted octanol–water partition coefficient (Wildman–Crippen LogP) is 3.52. The molecule has 1 aromatic carbocycles. The smallest absolute Gasteiger partial charge is 0.391 e. The van der Waals surface area contributed by atoms with E-state index in [9.17, 15) is 13.2 Å². The molecule has 9 heteroatoms. The number of oxime groups is 1. The molecule has 2 N–H and O–H groups in total. The zero-order valence-corrected chi connectivity index (χ0v) is 15.7. The largest absolute Gasteiger partial charge is 0.416 e. The summed E-state index contributed by atoms with van der Waals surface area (Å²) >= 11 is 3.36. The van der Waals surface area contributed by atoms with Gasteiger partial charge in [-0.1, -0.05) is 17.3 Å². The Morgan fingerprint density at radius 3 is 2.31 bits per heavy atom. The van der Waals surface area contributed by atoms with Crippen molar-refractivity contribution in [2.75, 3.05) is 13.1 Å². The molecule has 3 rings (SSSR count). The van der Waals surface area contributed by atoms with E-state index >= 15 is 0 Å². The number of benzene rings is 1. The highest BCUT2D eigenvalue weighted by Gasteiger charge is 2.32. The Kier molecular flexibility index (Phi) is 7.45. The number of amides is 1. The van der Waals surface area contributed by atoms with E-state index in [0.29, 0.717) is 12.5 Å². The molecule has 1 aromatic rings. The van der Waals surface area contributed by atoms with Crippen LogP contribution in [0.25, 0.3) is 0 Å². The summed E-state index contributed by atoms with van der Waals surface area (Å²) in [7, 11) is 0. The van der Waals surface area contributed by atoms with Crippen molar-refractivity contribution in [3.05, 3.63) is 35.4 Å². The highest BCUT2D eigenvalue weighted by molar-refractivity contribution is 9.18. The third kappa shape index (κ3) is 5.98. The van der Waals surface area contributed by atoms with Crippen LogP contribution < -0.4 is 5.73 Å². The van der Waals surface area contributed by atoms with E-state index in [0.717, 1.165) is 54.7 Å². The Labute approximate surface area is 158 Å². The molecule has 5 nitrogen and oxygen atoms in total. The minimum Gasteiger partial charge on any atom is -0.391 e. The second kappa shape index (κ2) is 9.36. The molecule has 1 amide bonds. The highest BCUT2D eigenvalue weighted by atomic mass is 79.9. The number of nitrogens with two attached hydrogens (primary N) is 1. The van der Waals surface area contributed by atoms with Crippen LogP contribution in [0.4, 0.5) is 13.2 Å². The number of nitrogens with zero attached hydrogens (tertiary/aromatic N) is 2. The number of primary amides is 1. The Morgan fingerprint density at radius 1 is 1.27 bits per heavy atom.